The largest absolute Gasteiger partial charge is 0.496 e. The molecule has 2 heteroatoms. The lowest BCUT2D eigenvalue weighted by Crippen LogP contribution is -2.08. The molecule has 0 saturated carbocycles. The van der Waals surface area contributed by atoms with Crippen LogP contribution < -0.4 is 10.1 Å². The zero-order valence-electron chi connectivity index (χ0n) is 9.55. The molecule has 0 amide bonds. The fraction of sp³-hybridized carbons (Fsp3) is 0.385. The smallest absolute Gasteiger partial charge is 0.122 e. The Morgan fingerprint density at radius 1 is 1.20 bits per heavy atom. The fourth-order valence-electron chi connectivity index (χ4n) is 2.04. The molecule has 0 bridgehead atoms. The summed E-state index contributed by atoms with van der Waals surface area (Å²) in [6.45, 7) is 6.19. The normalized spacial score (nSPS) is 15.3. The van der Waals surface area contributed by atoms with Crippen LogP contribution in [0.5, 0.6) is 5.75 Å². The monoisotopic (exact) mass is 203 g/mol. The van der Waals surface area contributed by atoms with Gasteiger partial charge >= 0.3 is 0 Å². The Hall–Kier alpha value is -1.28. The van der Waals surface area contributed by atoms with E-state index in [1.807, 2.05) is 0 Å². The lowest BCUT2D eigenvalue weighted by molar-refractivity contribution is 0.411. The third kappa shape index (κ3) is 1.90. The van der Waals surface area contributed by atoms with E-state index in [0.717, 1.165) is 18.8 Å². The van der Waals surface area contributed by atoms with Crippen molar-refractivity contribution in [3.63, 3.8) is 0 Å². The van der Waals surface area contributed by atoms with Crippen molar-refractivity contribution in [2.75, 3.05) is 20.2 Å². The van der Waals surface area contributed by atoms with Crippen LogP contribution in [0.2, 0.25) is 0 Å². The first-order valence-corrected chi connectivity index (χ1v) is 5.27. The van der Waals surface area contributed by atoms with Crippen molar-refractivity contribution in [1.29, 1.82) is 0 Å². The van der Waals surface area contributed by atoms with Gasteiger partial charge in [-0.15, -0.1) is 0 Å². The van der Waals surface area contributed by atoms with E-state index >= 15 is 0 Å². The molecule has 0 aromatic heterocycles. The summed E-state index contributed by atoms with van der Waals surface area (Å²) in [6.07, 6.45) is 2.26. The summed E-state index contributed by atoms with van der Waals surface area (Å²) in [5.41, 5.74) is 5.23. The average Bonchev–Trinajstić information content (AvgIpc) is 2.74. The highest BCUT2D eigenvalue weighted by Crippen LogP contribution is 2.27. The van der Waals surface area contributed by atoms with Gasteiger partial charge < -0.3 is 10.1 Å². The highest BCUT2D eigenvalue weighted by Gasteiger charge is 2.11. The second-order valence-electron chi connectivity index (χ2n) is 4.00. The molecule has 0 fully saturated rings. The molecule has 1 aliphatic rings. The van der Waals surface area contributed by atoms with Gasteiger partial charge in [-0.25, -0.2) is 0 Å². The maximum absolute atomic E-state index is 5.31. The van der Waals surface area contributed by atoms with Crippen molar-refractivity contribution in [3.8, 4) is 5.75 Å². The molecule has 1 aliphatic heterocycles. The highest BCUT2D eigenvalue weighted by atomic mass is 16.5. The fourth-order valence-corrected chi connectivity index (χ4v) is 2.04. The first-order valence-electron chi connectivity index (χ1n) is 5.27. The number of aryl methyl sites for hydroxylation is 2. The maximum Gasteiger partial charge on any atom is 0.122 e. The molecule has 1 aromatic carbocycles. The molecule has 1 aromatic rings. The first kappa shape index (κ1) is 10.2. The minimum absolute atomic E-state index is 0.975. The van der Waals surface area contributed by atoms with Crippen LogP contribution in [-0.2, 0) is 0 Å². The summed E-state index contributed by atoms with van der Waals surface area (Å²) in [4.78, 5) is 0. The van der Waals surface area contributed by atoms with Gasteiger partial charge in [0.05, 0.1) is 7.11 Å². The molecule has 0 aliphatic carbocycles. The minimum Gasteiger partial charge on any atom is -0.496 e. The summed E-state index contributed by atoms with van der Waals surface area (Å²) in [7, 11) is 1.72. The van der Waals surface area contributed by atoms with Gasteiger partial charge in [0.2, 0.25) is 0 Å². The third-order valence-corrected chi connectivity index (χ3v) is 2.90. The van der Waals surface area contributed by atoms with Gasteiger partial charge in [0, 0.05) is 13.1 Å². The molecule has 0 atom stereocenters. The van der Waals surface area contributed by atoms with Crippen molar-refractivity contribution < 1.29 is 4.74 Å². The molecule has 1 N–H and O–H groups in total. The first-order chi connectivity index (χ1) is 7.22. The molecular formula is C13H17NO. The van der Waals surface area contributed by atoms with Crippen LogP contribution in [0.15, 0.2) is 18.2 Å². The summed E-state index contributed by atoms with van der Waals surface area (Å²) in [6, 6.07) is 4.33. The van der Waals surface area contributed by atoms with E-state index in [-0.39, 0.29) is 0 Å². The Balaban J connectivity index is 2.44. The minimum atomic E-state index is 0.975. The van der Waals surface area contributed by atoms with Gasteiger partial charge in [-0.05, 0) is 48.2 Å². The second-order valence-corrected chi connectivity index (χ2v) is 4.00. The Kier molecular flexibility index (Phi) is 2.78. The van der Waals surface area contributed by atoms with E-state index < -0.39 is 0 Å². The molecule has 0 unspecified atom stereocenters. The standard InChI is InChI=1S/C13H17NO/c1-9-7-13(15-3)10(2)6-12(9)11-4-5-14-8-11/h4,6-7,14H,5,8H2,1-3H3. The van der Waals surface area contributed by atoms with Crippen LogP contribution in [-0.4, -0.2) is 20.2 Å². The molecule has 2 nitrogen and oxygen atoms in total. The van der Waals surface area contributed by atoms with E-state index in [0.29, 0.717) is 0 Å². The van der Waals surface area contributed by atoms with Gasteiger partial charge in [-0.2, -0.15) is 0 Å². The van der Waals surface area contributed by atoms with Crippen molar-refractivity contribution in [2.24, 2.45) is 0 Å². The Bertz CT molecular complexity index is 407. The number of methoxy groups -OCH3 is 1. The van der Waals surface area contributed by atoms with Crippen LogP contribution in [0, 0.1) is 13.8 Å². The molecule has 0 radical (unpaired) electrons. The molecule has 0 saturated heterocycles. The summed E-state index contributed by atoms with van der Waals surface area (Å²) in [5, 5.41) is 3.32. The average molecular weight is 203 g/mol. The van der Waals surface area contributed by atoms with E-state index in [1.165, 1.54) is 22.3 Å². The second kappa shape index (κ2) is 4.07. The van der Waals surface area contributed by atoms with Gasteiger partial charge in [-0.3, -0.25) is 0 Å². The van der Waals surface area contributed by atoms with Gasteiger partial charge in [-0.1, -0.05) is 6.08 Å². The Morgan fingerprint density at radius 3 is 2.60 bits per heavy atom. The zero-order valence-corrected chi connectivity index (χ0v) is 9.55. The van der Waals surface area contributed by atoms with Gasteiger partial charge in [0.1, 0.15) is 5.75 Å². The Labute approximate surface area is 91.0 Å². The lowest BCUT2D eigenvalue weighted by Gasteiger charge is -2.11. The molecule has 1 heterocycles. The number of nitrogens with one attached hydrogen (secondary N) is 1. The molecular weight excluding hydrogens is 186 g/mol. The SMILES string of the molecule is COc1cc(C)c(C2=CCNC2)cc1C. The number of rotatable bonds is 2. The summed E-state index contributed by atoms with van der Waals surface area (Å²) < 4.78 is 5.31. The molecule has 2 rings (SSSR count). The van der Waals surface area contributed by atoms with Crippen molar-refractivity contribution in [1.82, 2.24) is 5.32 Å². The Morgan fingerprint density at radius 2 is 2.00 bits per heavy atom. The quantitative estimate of drug-likeness (QED) is 0.796. The van der Waals surface area contributed by atoms with Crippen LogP contribution in [0.25, 0.3) is 5.57 Å². The van der Waals surface area contributed by atoms with Crippen LogP contribution >= 0.6 is 0 Å². The zero-order chi connectivity index (χ0) is 10.8. The number of ether oxygens (including phenoxy) is 1. The summed E-state index contributed by atoms with van der Waals surface area (Å²) >= 11 is 0. The van der Waals surface area contributed by atoms with Gasteiger partial charge in [0.25, 0.3) is 0 Å². The van der Waals surface area contributed by atoms with Crippen LogP contribution in [0.3, 0.4) is 0 Å². The van der Waals surface area contributed by atoms with Crippen molar-refractivity contribution in [2.45, 2.75) is 13.8 Å². The van der Waals surface area contributed by atoms with E-state index in [1.54, 1.807) is 7.11 Å². The third-order valence-electron chi connectivity index (χ3n) is 2.90. The highest BCUT2D eigenvalue weighted by molar-refractivity contribution is 5.72. The van der Waals surface area contributed by atoms with Crippen molar-refractivity contribution >= 4 is 5.57 Å². The predicted octanol–water partition coefficient (Wildman–Crippen LogP) is 2.30. The molecule has 15 heavy (non-hydrogen) atoms. The summed E-state index contributed by atoms with van der Waals surface area (Å²) in [5.74, 6) is 0.975. The predicted molar refractivity (Wildman–Crippen MR) is 63.3 cm³/mol. The van der Waals surface area contributed by atoms with Crippen LogP contribution in [0.4, 0.5) is 0 Å². The number of hydrogen-bond donors (Lipinski definition) is 1. The molecule has 80 valence electrons. The van der Waals surface area contributed by atoms with Crippen molar-refractivity contribution in [3.05, 3.63) is 34.9 Å². The van der Waals surface area contributed by atoms with E-state index in [2.05, 4.69) is 37.4 Å². The molecule has 0 spiro atoms. The van der Waals surface area contributed by atoms with Gasteiger partial charge in [0.15, 0.2) is 0 Å². The van der Waals surface area contributed by atoms with E-state index in [9.17, 15) is 0 Å². The number of benzene rings is 1. The lowest BCUT2D eigenvalue weighted by atomic mass is 9.98. The maximum atomic E-state index is 5.31. The van der Waals surface area contributed by atoms with Crippen LogP contribution in [0.1, 0.15) is 16.7 Å². The number of hydrogen-bond acceptors (Lipinski definition) is 2. The van der Waals surface area contributed by atoms with E-state index in [4.69, 9.17) is 4.74 Å². The topological polar surface area (TPSA) is 21.3 Å².